The van der Waals surface area contributed by atoms with Gasteiger partial charge in [-0.1, -0.05) is 41.7 Å². The highest BCUT2D eigenvalue weighted by molar-refractivity contribution is 7.98. The fourth-order valence-electron chi connectivity index (χ4n) is 3.87. The molecule has 0 saturated carbocycles. The van der Waals surface area contributed by atoms with E-state index >= 15 is 0 Å². The number of hydrogen-bond donors (Lipinski definition) is 1. The Balaban J connectivity index is 1.42. The summed E-state index contributed by atoms with van der Waals surface area (Å²) in [5.41, 5.74) is 1.37. The number of nitrogens with zero attached hydrogens (tertiary/aromatic N) is 2. The van der Waals surface area contributed by atoms with Crippen LogP contribution in [0.25, 0.3) is 11.3 Å². The van der Waals surface area contributed by atoms with Crippen LogP contribution in [0, 0.1) is 5.92 Å². The topological polar surface area (TPSA) is 96.4 Å². The number of Topliss-reactive ketones (excluding diaryl/α,β-unsaturated/α-hetero) is 1. The number of amides is 1. The molecule has 178 valence electrons. The van der Waals surface area contributed by atoms with E-state index in [1.165, 1.54) is 11.2 Å². The Kier molecular flexibility index (Phi) is 7.51. The number of carbonyl (C=O) groups is 2. The molecule has 1 saturated heterocycles. The molecule has 1 fully saturated rings. The van der Waals surface area contributed by atoms with Crippen LogP contribution >= 0.6 is 23.1 Å². The van der Waals surface area contributed by atoms with Crippen molar-refractivity contribution in [1.82, 2.24) is 9.29 Å². The molecular weight excluding hydrogens is 490 g/mol. The molecule has 1 aromatic heterocycles. The molecule has 1 N–H and O–H groups in total. The summed E-state index contributed by atoms with van der Waals surface area (Å²) in [6.07, 6.45) is 2.78. The van der Waals surface area contributed by atoms with Gasteiger partial charge < -0.3 is 5.32 Å². The zero-order chi connectivity index (χ0) is 24.3. The molecule has 0 radical (unpaired) electrons. The first-order chi connectivity index (χ1) is 16.3. The molecule has 0 aliphatic carbocycles. The van der Waals surface area contributed by atoms with Crippen LogP contribution in [0.4, 0.5) is 5.13 Å². The molecule has 2 aromatic carbocycles. The van der Waals surface area contributed by atoms with Crippen LogP contribution in [0.5, 0.6) is 0 Å². The van der Waals surface area contributed by atoms with E-state index in [0.717, 1.165) is 21.8 Å². The van der Waals surface area contributed by atoms with E-state index in [2.05, 4.69) is 10.3 Å². The molecule has 2 heterocycles. The molecule has 34 heavy (non-hydrogen) atoms. The van der Waals surface area contributed by atoms with Crippen molar-refractivity contribution in [2.24, 2.45) is 5.92 Å². The third-order valence-corrected chi connectivity index (χ3v) is 9.47. The first-order valence-electron chi connectivity index (χ1n) is 10.8. The number of rotatable bonds is 7. The second kappa shape index (κ2) is 10.4. The van der Waals surface area contributed by atoms with E-state index in [0.29, 0.717) is 28.5 Å². The van der Waals surface area contributed by atoms with Gasteiger partial charge in [-0.15, -0.1) is 11.8 Å². The van der Waals surface area contributed by atoms with Gasteiger partial charge >= 0.3 is 0 Å². The molecule has 10 heteroatoms. The number of benzene rings is 2. The number of ketones is 1. The standard InChI is InChI=1S/C24H25N3O4S3/c1-16(28)22-21(17-6-4-3-5-7-17)25-24(33-22)26-23(29)18-12-14-27(15-13-18)34(30,31)20-10-8-19(32-2)9-11-20/h3-11,18H,12-15H2,1-2H3,(H,25,26,29). The zero-order valence-corrected chi connectivity index (χ0v) is 21.3. The number of hydrogen-bond acceptors (Lipinski definition) is 7. The number of sulfonamides is 1. The Morgan fingerprint density at radius 2 is 1.71 bits per heavy atom. The molecule has 1 aliphatic rings. The average Bonchev–Trinajstić information content (AvgIpc) is 3.29. The highest BCUT2D eigenvalue weighted by Crippen LogP contribution is 2.32. The second-order valence-electron chi connectivity index (χ2n) is 7.96. The van der Waals surface area contributed by atoms with Crippen molar-refractivity contribution in [2.45, 2.75) is 29.6 Å². The van der Waals surface area contributed by atoms with Crippen LogP contribution in [0.15, 0.2) is 64.4 Å². The molecule has 0 bridgehead atoms. The lowest BCUT2D eigenvalue weighted by Crippen LogP contribution is -2.41. The monoisotopic (exact) mass is 515 g/mol. The van der Waals surface area contributed by atoms with Crippen LogP contribution in [-0.2, 0) is 14.8 Å². The van der Waals surface area contributed by atoms with Crippen molar-refractivity contribution < 1.29 is 18.0 Å². The SMILES string of the molecule is CSc1ccc(S(=O)(=O)N2CCC(C(=O)Nc3nc(-c4ccccc4)c(C(C)=O)s3)CC2)cc1. The first kappa shape index (κ1) is 24.6. The van der Waals surface area contributed by atoms with Gasteiger partial charge in [0.25, 0.3) is 0 Å². The number of nitrogens with one attached hydrogen (secondary N) is 1. The van der Waals surface area contributed by atoms with Crippen molar-refractivity contribution in [3.8, 4) is 11.3 Å². The van der Waals surface area contributed by atoms with E-state index in [4.69, 9.17) is 0 Å². The molecule has 0 atom stereocenters. The van der Waals surface area contributed by atoms with Gasteiger partial charge in [-0.3, -0.25) is 9.59 Å². The van der Waals surface area contributed by atoms with Gasteiger partial charge in [-0.2, -0.15) is 4.31 Å². The molecule has 7 nitrogen and oxygen atoms in total. The van der Waals surface area contributed by atoms with Crippen molar-refractivity contribution in [3.63, 3.8) is 0 Å². The predicted molar refractivity (Wildman–Crippen MR) is 136 cm³/mol. The van der Waals surface area contributed by atoms with Crippen LogP contribution in [0.1, 0.15) is 29.4 Å². The Labute approximate surface area is 207 Å². The highest BCUT2D eigenvalue weighted by atomic mass is 32.2. The summed E-state index contributed by atoms with van der Waals surface area (Å²) in [5, 5.41) is 3.21. The average molecular weight is 516 g/mol. The van der Waals surface area contributed by atoms with Gasteiger partial charge in [0, 0.05) is 36.4 Å². The van der Waals surface area contributed by atoms with Crippen LogP contribution in [0.3, 0.4) is 0 Å². The lowest BCUT2D eigenvalue weighted by molar-refractivity contribution is -0.120. The van der Waals surface area contributed by atoms with Gasteiger partial charge in [0.15, 0.2) is 10.9 Å². The quantitative estimate of drug-likeness (QED) is 0.360. The summed E-state index contributed by atoms with van der Waals surface area (Å²) in [6.45, 7) is 2.03. The number of carbonyl (C=O) groups excluding carboxylic acids is 2. The number of aromatic nitrogens is 1. The van der Waals surface area contributed by atoms with E-state index < -0.39 is 10.0 Å². The van der Waals surface area contributed by atoms with E-state index in [1.807, 2.05) is 36.6 Å². The zero-order valence-electron chi connectivity index (χ0n) is 18.9. The van der Waals surface area contributed by atoms with Crippen molar-refractivity contribution >= 4 is 49.9 Å². The number of thioether (sulfide) groups is 1. The lowest BCUT2D eigenvalue weighted by atomic mass is 9.97. The first-order valence-corrected chi connectivity index (χ1v) is 14.3. The molecule has 0 spiro atoms. The largest absolute Gasteiger partial charge is 0.302 e. The van der Waals surface area contributed by atoms with E-state index in [1.54, 1.807) is 36.0 Å². The third kappa shape index (κ3) is 5.25. The maximum absolute atomic E-state index is 13.0. The molecule has 4 rings (SSSR count). The summed E-state index contributed by atoms with van der Waals surface area (Å²) < 4.78 is 27.4. The summed E-state index contributed by atoms with van der Waals surface area (Å²) in [6, 6.07) is 16.2. The highest BCUT2D eigenvalue weighted by Gasteiger charge is 2.32. The number of anilines is 1. The van der Waals surface area contributed by atoms with Crippen LogP contribution in [-0.4, -0.2) is 48.7 Å². The van der Waals surface area contributed by atoms with Crippen molar-refractivity contribution in [3.05, 3.63) is 59.5 Å². The van der Waals surface area contributed by atoms with Gasteiger partial charge in [-0.25, -0.2) is 13.4 Å². The smallest absolute Gasteiger partial charge is 0.243 e. The Bertz CT molecular complexity index is 1280. The van der Waals surface area contributed by atoms with Gasteiger partial charge in [-0.05, 0) is 43.4 Å². The summed E-state index contributed by atoms with van der Waals surface area (Å²) in [7, 11) is -3.59. The fraction of sp³-hybridized carbons (Fsp3) is 0.292. The molecule has 3 aromatic rings. The lowest BCUT2D eigenvalue weighted by Gasteiger charge is -2.30. The minimum Gasteiger partial charge on any atom is -0.302 e. The van der Waals surface area contributed by atoms with Crippen LogP contribution < -0.4 is 5.32 Å². The second-order valence-corrected chi connectivity index (χ2v) is 11.8. The Morgan fingerprint density at radius 1 is 1.06 bits per heavy atom. The van der Waals surface area contributed by atoms with E-state index in [-0.39, 0.29) is 35.6 Å². The van der Waals surface area contributed by atoms with Gasteiger partial charge in [0.2, 0.25) is 15.9 Å². The van der Waals surface area contributed by atoms with Crippen molar-refractivity contribution in [1.29, 1.82) is 0 Å². The van der Waals surface area contributed by atoms with Crippen LogP contribution in [0.2, 0.25) is 0 Å². The number of piperidine rings is 1. The molecule has 1 aliphatic heterocycles. The maximum atomic E-state index is 13.0. The normalized spacial score (nSPS) is 15.2. The maximum Gasteiger partial charge on any atom is 0.243 e. The third-order valence-electron chi connectivity index (χ3n) is 5.75. The van der Waals surface area contributed by atoms with E-state index in [9.17, 15) is 18.0 Å². The Hall–Kier alpha value is -2.53. The minimum absolute atomic E-state index is 0.110. The summed E-state index contributed by atoms with van der Waals surface area (Å²) in [5.74, 6) is -0.638. The molecule has 1 amide bonds. The fourth-order valence-corrected chi connectivity index (χ4v) is 6.63. The summed E-state index contributed by atoms with van der Waals surface area (Å²) >= 11 is 2.71. The molecule has 0 unspecified atom stereocenters. The van der Waals surface area contributed by atoms with Gasteiger partial charge in [0.1, 0.15) is 0 Å². The number of thiazole rings is 1. The molecular formula is C24H25N3O4S3. The predicted octanol–water partition coefficient (Wildman–Crippen LogP) is 4.77. The van der Waals surface area contributed by atoms with Gasteiger partial charge in [0.05, 0.1) is 15.5 Å². The minimum atomic E-state index is -3.59. The summed E-state index contributed by atoms with van der Waals surface area (Å²) in [4.78, 5) is 31.3. The van der Waals surface area contributed by atoms with Crippen molar-refractivity contribution in [2.75, 3.05) is 24.7 Å². The Morgan fingerprint density at radius 3 is 2.29 bits per heavy atom.